The van der Waals surface area contributed by atoms with Crippen molar-refractivity contribution in [3.8, 4) is 0 Å². The summed E-state index contributed by atoms with van der Waals surface area (Å²) in [6.45, 7) is 14.6. The summed E-state index contributed by atoms with van der Waals surface area (Å²) in [5, 5.41) is 0. The van der Waals surface area contributed by atoms with Crippen LogP contribution < -0.4 is 0 Å². The number of thioether (sulfide) groups is 2. The van der Waals surface area contributed by atoms with Gasteiger partial charge < -0.3 is 9.47 Å². The molecule has 2 rings (SSSR count). The summed E-state index contributed by atoms with van der Waals surface area (Å²) in [6, 6.07) is 21.5. The Kier molecular flexibility index (Phi) is 10.8. The molecule has 0 heterocycles. The van der Waals surface area contributed by atoms with Crippen LogP contribution in [0.15, 0.2) is 70.5 Å². The highest BCUT2D eigenvalue weighted by molar-refractivity contribution is 8.02. The van der Waals surface area contributed by atoms with Gasteiger partial charge in [-0.25, -0.2) is 0 Å². The van der Waals surface area contributed by atoms with Gasteiger partial charge in [-0.05, 0) is 37.1 Å². The van der Waals surface area contributed by atoms with Crippen LogP contribution in [0.1, 0.15) is 32.1 Å². The molecule has 0 aliphatic rings. The van der Waals surface area contributed by atoms with Crippen molar-refractivity contribution in [1.29, 1.82) is 0 Å². The molecule has 33 heavy (non-hydrogen) atoms. The number of unbranched alkanes of at least 4 members (excludes halogenated alkanes) is 2. The molecule has 2 unspecified atom stereocenters. The van der Waals surface area contributed by atoms with E-state index in [4.69, 9.17) is 9.47 Å². The van der Waals surface area contributed by atoms with E-state index in [2.05, 4.69) is 99.9 Å². The number of ether oxygens (including phenoxy) is 2. The van der Waals surface area contributed by atoms with Crippen LogP contribution in [0.2, 0.25) is 39.3 Å². The van der Waals surface area contributed by atoms with Gasteiger partial charge in [-0.3, -0.25) is 0 Å². The predicted octanol–water partition coefficient (Wildman–Crippen LogP) is 8.96. The molecule has 184 valence electrons. The fraction of sp³-hybridized carbons (Fsp3) is 0.556. The fourth-order valence-corrected chi connectivity index (χ4v) is 12.6. The first kappa shape index (κ1) is 28.7. The molecule has 0 aliphatic carbocycles. The molecule has 0 radical (unpaired) electrons. The maximum Gasteiger partial charge on any atom is 0.105 e. The lowest BCUT2D eigenvalue weighted by atomic mass is 10.1. The minimum absolute atomic E-state index is 0.107. The monoisotopic (exact) mass is 520 g/mol. The number of hydrogen-bond acceptors (Lipinski definition) is 4. The molecule has 2 aromatic rings. The lowest BCUT2D eigenvalue weighted by molar-refractivity contribution is 0.112. The van der Waals surface area contributed by atoms with Crippen LogP contribution in [0.3, 0.4) is 0 Å². The highest BCUT2D eigenvalue weighted by Crippen LogP contribution is 2.46. The standard InChI is InChI=1S/C27H44O2S2Si2/c1-28-26(32(3,4)5,30-24-18-12-9-13-19-24)22-16-11-17-23-27(29-2,33(6,7)8)31-25-20-14-10-15-21-25/h9-10,12-15,18-21H,11,16-17,22-23H2,1-8H3. The minimum Gasteiger partial charge on any atom is -0.371 e. The topological polar surface area (TPSA) is 18.5 Å². The SMILES string of the molecule is COC(CCCCCC(OC)(Sc1ccccc1)[Si](C)(C)C)(Sc1ccccc1)[Si](C)(C)C. The summed E-state index contributed by atoms with van der Waals surface area (Å²) in [6.07, 6.45) is 5.75. The van der Waals surface area contributed by atoms with E-state index in [0.29, 0.717) is 0 Å². The molecule has 0 bridgehead atoms. The second kappa shape index (κ2) is 12.5. The Hall–Kier alpha value is -0.506. The van der Waals surface area contributed by atoms with Gasteiger partial charge in [0, 0.05) is 24.0 Å². The Morgan fingerprint density at radius 2 is 0.909 bits per heavy atom. The molecule has 0 saturated heterocycles. The van der Waals surface area contributed by atoms with Gasteiger partial charge in [-0.15, -0.1) is 0 Å². The van der Waals surface area contributed by atoms with Gasteiger partial charge in [0.15, 0.2) is 0 Å². The van der Waals surface area contributed by atoms with Crippen LogP contribution in [0, 0.1) is 0 Å². The normalized spacial score (nSPS) is 16.2. The Balaban J connectivity index is 2.04. The molecule has 0 aromatic heterocycles. The minimum atomic E-state index is -1.59. The van der Waals surface area contributed by atoms with Crippen molar-refractivity contribution in [3.05, 3.63) is 60.7 Å². The molecule has 2 nitrogen and oxygen atoms in total. The summed E-state index contributed by atoms with van der Waals surface area (Å²) in [5.41, 5.74) is 0. The Labute approximate surface area is 213 Å². The summed E-state index contributed by atoms with van der Waals surface area (Å²) in [7, 11) is 0.646. The van der Waals surface area contributed by atoms with Gasteiger partial charge in [0.2, 0.25) is 0 Å². The number of rotatable bonds is 14. The number of benzene rings is 2. The zero-order chi connectivity index (χ0) is 24.6. The van der Waals surface area contributed by atoms with Crippen LogP contribution >= 0.6 is 23.5 Å². The van der Waals surface area contributed by atoms with Gasteiger partial charge in [0.1, 0.15) is 9.11 Å². The van der Waals surface area contributed by atoms with Crippen molar-refractivity contribution in [2.75, 3.05) is 14.2 Å². The highest BCUT2D eigenvalue weighted by atomic mass is 32.2. The summed E-state index contributed by atoms with van der Waals surface area (Å²) < 4.78 is 12.4. The first-order valence-electron chi connectivity index (χ1n) is 12.1. The van der Waals surface area contributed by atoms with Crippen LogP contribution in [0.4, 0.5) is 0 Å². The van der Waals surface area contributed by atoms with Crippen LogP contribution in [-0.4, -0.2) is 39.5 Å². The van der Waals surface area contributed by atoms with Gasteiger partial charge >= 0.3 is 0 Å². The Morgan fingerprint density at radius 1 is 0.576 bits per heavy atom. The highest BCUT2D eigenvalue weighted by Gasteiger charge is 2.46. The first-order valence-corrected chi connectivity index (χ1v) is 20.7. The third-order valence-electron chi connectivity index (χ3n) is 6.51. The molecule has 2 atom stereocenters. The van der Waals surface area contributed by atoms with Crippen molar-refractivity contribution < 1.29 is 9.47 Å². The zero-order valence-corrected chi connectivity index (χ0v) is 25.6. The summed E-state index contributed by atoms with van der Waals surface area (Å²) >= 11 is 3.87. The predicted molar refractivity (Wildman–Crippen MR) is 154 cm³/mol. The van der Waals surface area contributed by atoms with E-state index in [-0.39, 0.29) is 9.11 Å². The van der Waals surface area contributed by atoms with Crippen molar-refractivity contribution in [3.63, 3.8) is 0 Å². The third-order valence-corrected chi connectivity index (χ3v) is 18.7. The lowest BCUT2D eigenvalue weighted by Crippen LogP contribution is -2.51. The Morgan fingerprint density at radius 3 is 1.18 bits per heavy atom. The van der Waals surface area contributed by atoms with E-state index in [1.165, 1.54) is 29.1 Å². The zero-order valence-electron chi connectivity index (χ0n) is 21.9. The molecule has 0 fully saturated rings. The van der Waals surface area contributed by atoms with E-state index < -0.39 is 16.1 Å². The van der Waals surface area contributed by atoms with Crippen molar-refractivity contribution in [2.24, 2.45) is 0 Å². The second-order valence-electron chi connectivity index (χ2n) is 10.8. The van der Waals surface area contributed by atoms with E-state index in [1.54, 1.807) is 0 Å². The van der Waals surface area contributed by atoms with E-state index in [9.17, 15) is 0 Å². The molecular weight excluding hydrogens is 477 g/mol. The molecular formula is C27H44O2S2Si2. The molecule has 6 heteroatoms. The number of hydrogen-bond donors (Lipinski definition) is 0. The van der Waals surface area contributed by atoms with Crippen molar-refractivity contribution in [2.45, 2.75) is 90.3 Å². The van der Waals surface area contributed by atoms with E-state index in [1.807, 2.05) is 37.7 Å². The first-order chi connectivity index (χ1) is 15.5. The molecule has 2 aromatic carbocycles. The number of methoxy groups -OCH3 is 2. The van der Waals surface area contributed by atoms with Crippen LogP contribution in [-0.2, 0) is 9.47 Å². The quantitative estimate of drug-likeness (QED) is 0.107. The molecule has 0 aliphatic heterocycles. The van der Waals surface area contributed by atoms with Gasteiger partial charge in [0.25, 0.3) is 0 Å². The molecule has 0 amide bonds. The van der Waals surface area contributed by atoms with Crippen molar-refractivity contribution >= 4 is 39.7 Å². The largest absolute Gasteiger partial charge is 0.371 e. The van der Waals surface area contributed by atoms with Crippen molar-refractivity contribution in [1.82, 2.24) is 0 Å². The molecule has 0 saturated carbocycles. The van der Waals surface area contributed by atoms with Gasteiger partial charge in [0.05, 0.1) is 16.1 Å². The van der Waals surface area contributed by atoms with Crippen LogP contribution in [0.5, 0.6) is 0 Å². The maximum atomic E-state index is 6.31. The average Bonchev–Trinajstić information content (AvgIpc) is 2.77. The molecule has 0 spiro atoms. The smallest absolute Gasteiger partial charge is 0.105 e. The second-order valence-corrected chi connectivity index (χ2v) is 24.8. The van der Waals surface area contributed by atoms with E-state index in [0.717, 1.165) is 12.8 Å². The van der Waals surface area contributed by atoms with E-state index >= 15 is 0 Å². The van der Waals surface area contributed by atoms with Gasteiger partial charge in [-0.1, -0.05) is 118 Å². The average molecular weight is 521 g/mol. The lowest BCUT2D eigenvalue weighted by Gasteiger charge is -2.43. The fourth-order valence-electron chi connectivity index (χ4n) is 4.31. The summed E-state index contributed by atoms with van der Waals surface area (Å²) in [4.78, 5) is 2.61. The third kappa shape index (κ3) is 7.74. The Bertz CT molecular complexity index is 752. The molecule has 0 N–H and O–H groups in total. The van der Waals surface area contributed by atoms with Crippen LogP contribution in [0.25, 0.3) is 0 Å². The maximum absolute atomic E-state index is 6.31. The van der Waals surface area contributed by atoms with Gasteiger partial charge in [-0.2, -0.15) is 0 Å². The summed E-state index contributed by atoms with van der Waals surface area (Å²) in [5.74, 6) is 0.